The van der Waals surface area contributed by atoms with Crippen LogP contribution in [-0.4, -0.2) is 53.6 Å². The highest BCUT2D eigenvalue weighted by Crippen LogP contribution is 2.29. The zero-order valence-corrected chi connectivity index (χ0v) is 17.1. The number of aromatic nitrogens is 7. The van der Waals surface area contributed by atoms with Crippen LogP contribution in [0.15, 0.2) is 48.9 Å². The van der Waals surface area contributed by atoms with Gasteiger partial charge < -0.3 is 10.2 Å². The number of piperidine rings is 1. The smallest absolute Gasteiger partial charge is 0.355 e. The number of pyridine rings is 1. The van der Waals surface area contributed by atoms with Crippen LogP contribution < -0.4 is 10.2 Å². The lowest BCUT2D eigenvalue weighted by Crippen LogP contribution is -2.38. The van der Waals surface area contributed by atoms with Crippen LogP contribution in [0.3, 0.4) is 0 Å². The third-order valence-electron chi connectivity index (χ3n) is 5.45. The number of amides is 1. The number of alkyl halides is 3. The van der Waals surface area contributed by atoms with Crippen molar-refractivity contribution in [2.24, 2.45) is 5.92 Å². The molecule has 0 radical (unpaired) electrons. The fourth-order valence-electron chi connectivity index (χ4n) is 3.74. The maximum absolute atomic E-state index is 13.1. The molecule has 0 unspecified atom stereocenters. The van der Waals surface area contributed by atoms with Crippen LogP contribution in [0, 0.1) is 5.92 Å². The van der Waals surface area contributed by atoms with E-state index >= 15 is 0 Å². The molecule has 1 N–H and O–H groups in total. The van der Waals surface area contributed by atoms with Crippen molar-refractivity contribution in [1.29, 1.82) is 0 Å². The maximum atomic E-state index is 13.1. The van der Waals surface area contributed by atoms with Gasteiger partial charge in [-0.15, -0.1) is 15.3 Å². The maximum Gasteiger partial charge on any atom is 0.453 e. The summed E-state index contributed by atoms with van der Waals surface area (Å²) in [5.74, 6) is -0.496. The Morgan fingerprint density at radius 2 is 1.85 bits per heavy atom. The molecule has 1 saturated heterocycles. The predicted molar refractivity (Wildman–Crippen MR) is 111 cm³/mol. The highest BCUT2D eigenvalue weighted by Gasteiger charge is 2.38. The molecule has 5 heterocycles. The number of halogens is 3. The topological polar surface area (TPSA) is 106 Å². The third kappa shape index (κ3) is 4.21. The summed E-state index contributed by atoms with van der Waals surface area (Å²) in [4.78, 5) is 18.8. The number of fused-ring (bicyclic) bond motifs is 1. The fraction of sp³-hybridized carbons (Fsp3) is 0.300. The molecule has 0 spiro atoms. The zero-order chi connectivity index (χ0) is 23.0. The van der Waals surface area contributed by atoms with Crippen LogP contribution in [0.4, 0.5) is 24.7 Å². The minimum atomic E-state index is -4.65. The van der Waals surface area contributed by atoms with Gasteiger partial charge in [0.15, 0.2) is 11.5 Å². The number of hydrogen-bond donors (Lipinski definition) is 1. The Kier molecular flexibility index (Phi) is 5.15. The summed E-state index contributed by atoms with van der Waals surface area (Å²) in [6.45, 7) is 0.965. The van der Waals surface area contributed by atoms with Gasteiger partial charge in [0.25, 0.3) is 5.82 Å². The van der Waals surface area contributed by atoms with Gasteiger partial charge in [0.2, 0.25) is 5.91 Å². The summed E-state index contributed by atoms with van der Waals surface area (Å²) in [6, 6.07) is 8.36. The lowest BCUT2D eigenvalue weighted by atomic mass is 9.96. The molecule has 0 aliphatic carbocycles. The summed E-state index contributed by atoms with van der Waals surface area (Å²) in [6.07, 6.45) is 1.42. The van der Waals surface area contributed by atoms with E-state index in [1.165, 1.54) is 6.07 Å². The van der Waals surface area contributed by atoms with E-state index in [-0.39, 0.29) is 17.5 Å². The van der Waals surface area contributed by atoms with Crippen LogP contribution in [0.5, 0.6) is 0 Å². The van der Waals surface area contributed by atoms with E-state index in [9.17, 15) is 18.0 Å². The van der Waals surface area contributed by atoms with E-state index in [0.717, 1.165) is 0 Å². The second-order valence-corrected chi connectivity index (χ2v) is 7.59. The van der Waals surface area contributed by atoms with Gasteiger partial charge in [0.1, 0.15) is 5.82 Å². The molecule has 1 aliphatic rings. The summed E-state index contributed by atoms with van der Waals surface area (Å²) in [7, 11) is 0. The Bertz CT molecular complexity index is 1260. The number of nitrogens with zero attached hydrogens (tertiary/aromatic N) is 8. The molecular weight excluding hydrogens is 439 g/mol. The average molecular weight is 457 g/mol. The van der Waals surface area contributed by atoms with E-state index in [2.05, 4.69) is 30.7 Å². The van der Waals surface area contributed by atoms with Crippen LogP contribution in [0.1, 0.15) is 18.7 Å². The quantitative estimate of drug-likeness (QED) is 0.502. The Hall–Kier alpha value is -4.03. The Morgan fingerprint density at radius 1 is 1.06 bits per heavy atom. The molecule has 4 aromatic rings. The first kappa shape index (κ1) is 20.8. The molecule has 0 bridgehead atoms. The second-order valence-electron chi connectivity index (χ2n) is 7.59. The van der Waals surface area contributed by atoms with Crippen molar-refractivity contribution in [3.8, 4) is 5.82 Å². The number of anilines is 2. The Balaban J connectivity index is 1.21. The SMILES string of the molecule is O=C(Nc1ccc(-n2cccn2)nc1)C1CCN(c2ccc3nnc(C(F)(F)F)n3n2)CC1. The number of nitrogens with one attached hydrogen (secondary N) is 1. The van der Waals surface area contributed by atoms with Gasteiger partial charge in [-0.2, -0.15) is 22.8 Å². The molecule has 0 saturated carbocycles. The van der Waals surface area contributed by atoms with Crippen molar-refractivity contribution in [3.05, 3.63) is 54.7 Å². The van der Waals surface area contributed by atoms with E-state index < -0.39 is 12.0 Å². The minimum Gasteiger partial charge on any atom is -0.355 e. The Morgan fingerprint density at radius 3 is 2.52 bits per heavy atom. The normalized spacial score (nSPS) is 15.2. The molecule has 13 heteroatoms. The van der Waals surface area contributed by atoms with E-state index in [1.807, 2.05) is 4.90 Å². The van der Waals surface area contributed by atoms with Crippen molar-refractivity contribution >= 4 is 23.1 Å². The molecule has 1 amide bonds. The number of carbonyl (C=O) groups excluding carboxylic acids is 1. The predicted octanol–water partition coefficient (Wildman–Crippen LogP) is 2.58. The molecule has 1 fully saturated rings. The fourth-order valence-corrected chi connectivity index (χ4v) is 3.74. The van der Waals surface area contributed by atoms with Crippen molar-refractivity contribution in [3.63, 3.8) is 0 Å². The van der Waals surface area contributed by atoms with Crippen molar-refractivity contribution < 1.29 is 18.0 Å². The van der Waals surface area contributed by atoms with E-state index in [4.69, 9.17) is 0 Å². The number of rotatable bonds is 4. The van der Waals surface area contributed by atoms with Crippen LogP contribution in [0.25, 0.3) is 11.5 Å². The third-order valence-corrected chi connectivity index (χ3v) is 5.45. The lowest BCUT2D eigenvalue weighted by molar-refractivity contribution is -0.146. The number of carbonyl (C=O) groups is 1. The van der Waals surface area contributed by atoms with E-state index in [0.29, 0.717) is 47.8 Å². The first-order chi connectivity index (χ1) is 15.9. The molecule has 5 rings (SSSR count). The monoisotopic (exact) mass is 457 g/mol. The summed E-state index contributed by atoms with van der Waals surface area (Å²) < 4.78 is 41.6. The summed E-state index contributed by atoms with van der Waals surface area (Å²) >= 11 is 0. The van der Waals surface area contributed by atoms with Crippen molar-refractivity contribution in [1.82, 2.24) is 34.6 Å². The van der Waals surface area contributed by atoms with E-state index in [1.54, 1.807) is 47.5 Å². The zero-order valence-electron chi connectivity index (χ0n) is 17.1. The molecule has 170 valence electrons. The van der Waals surface area contributed by atoms with Crippen LogP contribution in [0.2, 0.25) is 0 Å². The highest BCUT2D eigenvalue weighted by atomic mass is 19.4. The van der Waals surface area contributed by atoms with Crippen molar-refractivity contribution in [2.75, 3.05) is 23.3 Å². The molecule has 0 atom stereocenters. The molecule has 33 heavy (non-hydrogen) atoms. The van der Waals surface area contributed by atoms with Gasteiger partial charge in [-0.1, -0.05) is 0 Å². The van der Waals surface area contributed by atoms with Gasteiger partial charge >= 0.3 is 6.18 Å². The van der Waals surface area contributed by atoms with Gasteiger partial charge in [-0.05, 0) is 43.2 Å². The summed E-state index contributed by atoms with van der Waals surface area (Å²) in [5, 5.41) is 17.8. The Labute approximate surface area is 185 Å². The standard InChI is InChI=1S/C20H18F3N9O/c21-20(22,23)19-28-27-16-4-5-17(29-32(16)19)30-10-6-13(7-11-30)18(33)26-14-2-3-15(24-12-14)31-9-1-8-25-31/h1-5,8-9,12-13H,6-7,10-11H2,(H,26,33). The average Bonchev–Trinajstić information content (AvgIpc) is 3.49. The second kappa shape index (κ2) is 8.15. The molecule has 1 aliphatic heterocycles. The van der Waals surface area contributed by atoms with Gasteiger partial charge in [0.05, 0.1) is 11.9 Å². The molecule has 0 aromatic carbocycles. The minimum absolute atomic E-state index is 0.0209. The van der Waals surface area contributed by atoms with Gasteiger partial charge in [0, 0.05) is 31.4 Å². The lowest BCUT2D eigenvalue weighted by Gasteiger charge is -2.32. The first-order valence-electron chi connectivity index (χ1n) is 10.2. The molecule has 4 aromatic heterocycles. The number of hydrogen-bond acceptors (Lipinski definition) is 7. The van der Waals surface area contributed by atoms with Crippen molar-refractivity contribution in [2.45, 2.75) is 19.0 Å². The van der Waals surface area contributed by atoms with Gasteiger partial charge in [-0.25, -0.2) is 9.67 Å². The highest BCUT2D eigenvalue weighted by molar-refractivity contribution is 5.92. The largest absolute Gasteiger partial charge is 0.453 e. The van der Waals surface area contributed by atoms with Crippen LogP contribution >= 0.6 is 0 Å². The molecule has 10 nitrogen and oxygen atoms in total. The molecular formula is C20H18F3N9O. The van der Waals surface area contributed by atoms with Crippen LogP contribution in [-0.2, 0) is 11.0 Å². The first-order valence-corrected chi connectivity index (χ1v) is 10.2. The summed E-state index contributed by atoms with van der Waals surface area (Å²) in [5.41, 5.74) is 0.602. The van der Waals surface area contributed by atoms with Gasteiger partial charge in [-0.3, -0.25) is 4.79 Å².